The van der Waals surface area contributed by atoms with E-state index in [1.165, 1.54) is 27.6 Å². The molecule has 5 aromatic rings. The average molecular weight is 546 g/mol. The summed E-state index contributed by atoms with van der Waals surface area (Å²) in [4.78, 5) is 37.4. The zero-order chi connectivity index (χ0) is 27.5. The summed E-state index contributed by atoms with van der Waals surface area (Å²) in [7, 11) is 0. The van der Waals surface area contributed by atoms with Gasteiger partial charge in [0, 0.05) is 17.3 Å². The van der Waals surface area contributed by atoms with Gasteiger partial charge >= 0.3 is 5.97 Å². The first-order chi connectivity index (χ1) is 18.8. The van der Waals surface area contributed by atoms with Crippen LogP contribution in [0.15, 0.2) is 87.2 Å². The van der Waals surface area contributed by atoms with E-state index in [1.807, 2.05) is 0 Å². The number of nitrogen functional groups attached to an aromatic ring is 1. The maximum atomic E-state index is 13.6. The summed E-state index contributed by atoms with van der Waals surface area (Å²) in [5, 5.41) is 13.4. The van der Waals surface area contributed by atoms with Gasteiger partial charge in [-0.2, -0.15) is 4.98 Å². The monoisotopic (exact) mass is 545 g/mol. The van der Waals surface area contributed by atoms with Crippen molar-refractivity contribution in [3.8, 4) is 23.1 Å². The number of carbonyl (C=O) groups is 1. The number of aromatic nitrogens is 5. The lowest BCUT2D eigenvalue weighted by molar-refractivity contribution is 0.0689. The molecular weight excluding hydrogens is 526 g/mol. The van der Waals surface area contributed by atoms with E-state index in [0.29, 0.717) is 22.3 Å². The summed E-state index contributed by atoms with van der Waals surface area (Å²) >= 11 is 6.02. The Balaban J connectivity index is 1.54. The molecule has 3 N–H and O–H groups in total. The van der Waals surface area contributed by atoms with Crippen LogP contribution in [0, 0.1) is 6.92 Å². The van der Waals surface area contributed by atoms with E-state index in [9.17, 15) is 9.59 Å². The number of ether oxygens (including phenoxy) is 1. The predicted molar refractivity (Wildman–Crippen MR) is 140 cm³/mol. The number of nitrogens with zero attached hydrogens (tertiary/aromatic N) is 6. The lowest BCUT2D eigenvalue weighted by Gasteiger charge is -2.12. The number of aryl methyl sites for hydroxylation is 1. The van der Waals surface area contributed by atoms with Crippen LogP contribution in [0.1, 0.15) is 21.9 Å². The summed E-state index contributed by atoms with van der Waals surface area (Å²) in [6.07, 6.45) is 1.38. The van der Waals surface area contributed by atoms with Gasteiger partial charge in [0.1, 0.15) is 11.3 Å². The molecule has 0 aliphatic carbocycles. The van der Waals surface area contributed by atoms with Crippen LogP contribution in [0.25, 0.3) is 11.5 Å². The minimum Gasteiger partial charge on any atom is -0.477 e. The minimum atomic E-state index is -1.16. The molecule has 0 aliphatic heterocycles. The molecule has 39 heavy (non-hydrogen) atoms. The third kappa shape index (κ3) is 5.70. The van der Waals surface area contributed by atoms with E-state index in [0.717, 1.165) is 5.56 Å². The van der Waals surface area contributed by atoms with Gasteiger partial charge in [0.05, 0.1) is 12.2 Å². The van der Waals surface area contributed by atoms with Crippen molar-refractivity contribution in [3.05, 3.63) is 111 Å². The fraction of sp³-hybridized carbons (Fsp3) is 0.0769. The van der Waals surface area contributed by atoms with E-state index in [1.54, 1.807) is 61.5 Å². The number of rotatable bonds is 7. The van der Waals surface area contributed by atoms with Crippen LogP contribution < -0.4 is 21.8 Å². The van der Waals surface area contributed by atoms with Gasteiger partial charge in [-0.25, -0.2) is 19.4 Å². The van der Waals surface area contributed by atoms with Crippen LogP contribution in [-0.2, 0) is 6.54 Å². The summed E-state index contributed by atoms with van der Waals surface area (Å²) in [6, 6.07) is 18.1. The van der Waals surface area contributed by atoms with Crippen molar-refractivity contribution in [3.63, 3.8) is 0 Å². The van der Waals surface area contributed by atoms with Crippen molar-refractivity contribution in [2.45, 2.75) is 13.5 Å². The molecule has 13 heteroatoms. The van der Waals surface area contributed by atoms with Crippen molar-refractivity contribution in [2.75, 3.05) is 5.84 Å². The zero-order valence-corrected chi connectivity index (χ0v) is 21.1. The standard InChI is InChI=1S/C26H20ClN7O5/c1-15-29-23(39-32-15)20-14-34(28)26(33(24(20)35)13-16-5-7-17(27)8-6-16)30-18-9-11-19(12-10-18)38-22-4-2-3-21(31-22)25(36)37/h2-12,14H,13,28H2,1H3,(H,36,37). The molecule has 0 atom stereocenters. The van der Waals surface area contributed by atoms with E-state index in [4.69, 9.17) is 31.8 Å². The highest BCUT2D eigenvalue weighted by Gasteiger charge is 2.17. The Labute approximate surface area is 225 Å². The maximum Gasteiger partial charge on any atom is 0.354 e. The van der Waals surface area contributed by atoms with Crippen LogP contribution in [0.5, 0.6) is 11.6 Å². The molecule has 0 saturated heterocycles. The van der Waals surface area contributed by atoms with Gasteiger partial charge < -0.3 is 20.2 Å². The SMILES string of the molecule is Cc1noc(-c2cn(N)c(=Nc3ccc(Oc4cccc(C(=O)O)n4)cc3)n(Cc3ccc(Cl)cc3)c2=O)n1. The molecule has 0 bridgehead atoms. The molecule has 3 aromatic heterocycles. The molecule has 5 rings (SSSR count). The molecule has 0 spiro atoms. The van der Waals surface area contributed by atoms with E-state index >= 15 is 0 Å². The van der Waals surface area contributed by atoms with E-state index < -0.39 is 11.5 Å². The van der Waals surface area contributed by atoms with Gasteiger partial charge in [-0.05, 0) is 55.0 Å². The Kier molecular flexibility index (Phi) is 6.93. The third-order valence-electron chi connectivity index (χ3n) is 5.46. The number of hydrogen-bond donors (Lipinski definition) is 2. The zero-order valence-electron chi connectivity index (χ0n) is 20.4. The van der Waals surface area contributed by atoms with Crippen LogP contribution in [0.3, 0.4) is 0 Å². The van der Waals surface area contributed by atoms with Crippen molar-refractivity contribution in [1.29, 1.82) is 0 Å². The highest BCUT2D eigenvalue weighted by atomic mass is 35.5. The smallest absolute Gasteiger partial charge is 0.354 e. The Morgan fingerprint density at radius 2 is 1.85 bits per heavy atom. The van der Waals surface area contributed by atoms with Crippen molar-refractivity contribution >= 4 is 23.3 Å². The number of halogens is 1. The minimum absolute atomic E-state index is 0.0372. The lowest BCUT2D eigenvalue weighted by atomic mass is 10.2. The van der Waals surface area contributed by atoms with Crippen molar-refractivity contribution < 1.29 is 19.2 Å². The van der Waals surface area contributed by atoms with E-state index in [2.05, 4.69) is 20.1 Å². The van der Waals surface area contributed by atoms with Crippen molar-refractivity contribution in [2.24, 2.45) is 4.99 Å². The topological polar surface area (TPSA) is 164 Å². The normalized spacial score (nSPS) is 11.5. The summed E-state index contributed by atoms with van der Waals surface area (Å²) in [5.41, 5.74) is 0.962. The third-order valence-corrected chi connectivity index (χ3v) is 5.71. The number of hydrogen-bond acceptors (Lipinski definition) is 9. The number of benzene rings is 2. The number of pyridine rings is 1. The summed E-state index contributed by atoms with van der Waals surface area (Å²) < 4.78 is 13.5. The fourth-order valence-corrected chi connectivity index (χ4v) is 3.76. The average Bonchev–Trinajstić information content (AvgIpc) is 3.36. The second-order valence-corrected chi connectivity index (χ2v) is 8.72. The van der Waals surface area contributed by atoms with Crippen LogP contribution in [-0.4, -0.2) is 35.4 Å². The Hall–Kier alpha value is -5.23. The van der Waals surface area contributed by atoms with Crippen LogP contribution in [0.2, 0.25) is 5.02 Å². The van der Waals surface area contributed by atoms with E-state index in [-0.39, 0.29) is 35.2 Å². The molecule has 0 aliphatic rings. The molecule has 0 radical (unpaired) electrons. The molecule has 0 unspecified atom stereocenters. The van der Waals surface area contributed by atoms with Crippen LogP contribution >= 0.6 is 11.6 Å². The largest absolute Gasteiger partial charge is 0.477 e. The predicted octanol–water partition coefficient (Wildman–Crippen LogP) is 3.54. The van der Waals surface area contributed by atoms with Gasteiger partial charge in [-0.1, -0.05) is 35.0 Å². The maximum absolute atomic E-state index is 13.6. The number of nitrogens with two attached hydrogens (primary N) is 1. The first-order valence-electron chi connectivity index (χ1n) is 11.5. The second kappa shape index (κ2) is 10.6. The summed E-state index contributed by atoms with van der Waals surface area (Å²) in [5.74, 6) is 6.09. The molecule has 0 fully saturated rings. The summed E-state index contributed by atoms with van der Waals surface area (Å²) in [6.45, 7) is 1.78. The second-order valence-electron chi connectivity index (χ2n) is 8.29. The number of carboxylic acids is 1. The van der Waals surface area contributed by atoms with Gasteiger partial charge in [0.2, 0.25) is 11.5 Å². The number of carboxylic acid groups (broad SMARTS) is 1. The van der Waals surface area contributed by atoms with Gasteiger partial charge in [-0.15, -0.1) is 0 Å². The Morgan fingerprint density at radius 3 is 2.51 bits per heavy atom. The van der Waals surface area contributed by atoms with Crippen LogP contribution in [0.4, 0.5) is 5.69 Å². The fourth-order valence-electron chi connectivity index (χ4n) is 3.63. The van der Waals surface area contributed by atoms with Crippen molar-refractivity contribution in [1.82, 2.24) is 24.4 Å². The molecule has 3 heterocycles. The number of aromatic carboxylic acids is 1. The molecule has 0 saturated carbocycles. The first-order valence-corrected chi connectivity index (χ1v) is 11.8. The molecule has 196 valence electrons. The first kappa shape index (κ1) is 25.4. The highest BCUT2D eigenvalue weighted by Crippen LogP contribution is 2.23. The molecule has 2 aromatic carbocycles. The Bertz CT molecular complexity index is 1790. The quantitative estimate of drug-likeness (QED) is 0.291. The molecular formula is C26H20ClN7O5. The van der Waals surface area contributed by atoms with Gasteiger partial charge in [0.25, 0.3) is 11.4 Å². The van der Waals surface area contributed by atoms with Gasteiger partial charge in [0.15, 0.2) is 11.5 Å². The van der Waals surface area contributed by atoms with Gasteiger partial charge in [-0.3, -0.25) is 9.36 Å². The Morgan fingerprint density at radius 1 is 1.10 bits per heavy atom. The highest BCUT2D eigenvalue weighted by molar-refractivity contribution is 6.30. The molecule has 12 nitrogen and oxygen atoms in total. The molecule has 0 amide bonds. The lowest BCUT2D eigenvalue weighted by Crippen LogP contribution is -2.44.